The normalized spacial score (nSPS) is 37.3. The van der Waals surface area contributed by atoms with Crippen LogP contribution in [0.3, 0.4) is 0 Å². The van der Waals surface area contributed by atoms with Crippen LogP contribution in [-0.2, 0) is 11.2 Å². The Morgan fingerprint density at radius 3 is 2.77 bits per heavy atom. The van der Waals surface area contributed by atoms with E-state index in [1.54, 1.807) is 0 Å². The quantitative estimate of drug-likeness (QED) is 0.311. The number of ketones is 1. The molecule has 8 heteroatoms. The standard InChI is InChI=1S/C35H43N3O4S/c1-33-17-21-19-36-38(23-8-4-3-5-9-23)27(21)16-22(33)12-13-24-25-14-15-35(41,34(25,2)18-28(39)31(24)33)30(40)20-43-32-37-26-10-6-7-11-29(26)42-32/h6-7,10-11,16,19,23-25,28,31,39,41H,3-5,8-9,12-15,17-18,20H2,1-2H3/t24?,25?,28-,31?,33?,34?,35-/m0/s1. The average molecular weight is 602 g/mol. The summed E-state index contributed by atoms with van der Waals surface area (Å²) >= 11 is 1.26. The van der Waals surface area contributed by atoms with Crippen molar-refractivity contribution in [1.82, 2.24) is 14.8 Å². The summed E-state index contributed by atoms with van der Waals surface area (Å²) < 4.78 is 8.13. The maximum absolute atomic E-state index is 13.8. The lowest BCUT2D eigenvalue weighted by Gasteiger charge is -2.60. The number of thioether (sulfide) groups is 1. The van der Waals surface area contributed by atoms with Gasteiger partial charge in [-0.1, -0.05) is 62.6 Å². The summed E-state index contributed by atoms with van der Waals surface area (Å²) in [5.74, 6) is 0.527. The van der Waals surface area contributed by atoms with Crippen LogP contribution in [0.15, 0.2) is 45.7 Å². The van der Waals surface area contributed by atoms with Gasteiger partial charge in [-0.05, 0) is 98.3 Å². The zero-order valence-corrected chi connectivity index (χ0v) is 26.1. The molecule has 0 radical (unpaired) electrons. The van der Waals surface area contributed by atoms with Gasteiger partial charge in [-0.25, -0.2) is 4.98 Å². The van der Waals surface area contributed by atoms with E-state index in [-0.39, 0.29) is 34.7 Å². The smallest absolute Gasteiger partial charge is 0.257 e. The molecule has 43 heavy (non-hydrogen) atoms. The van der Waals surface area contributed by atoms with Gasteiger partial charge in [-0.3, -0.25) is 9.48 Å². The highest BCUT2D eigenvalue weighted by Crippen LogP contribution is 2.67. The Hall–Kier alpha value is -2.42. The van der Waals surface area contributed by atoms with Gasteiger partial charge in [0.15, 0.2) is 11.4 Å². The molecule has 5 aliphatic rings. The van der Waals surface area contributed by atoms with Crippen molar-refractivity contribution in [3.05, 3.63) is 47.3 Å². The van der Waals surface area contributed by atoms with Crippen LogP contribution in [0.1, 0.15) is 95.4 Å². The molecule has 5 unspecified atom stereocenters. The van der Waals surface area contributed by atoms with Crippen molar-refractivity contribution in [2.75, 3.05) is 5.75 Å². The largest absolute Gasteiger partial charge is 0.431 e. The first kappa shape index (κ1) is 28.1. The maximum atomic E-state index is 13.8. The Kier molecular flexibility index (Phi) is 6.56. The molecule has 2 heterocycles. The molecule has 4 fully saturated rings. The van der Waals surface area contributed by atoms with Crippen molar-refractivity contribution < 1.29 is 19.4 Å². The van der Waals surface area contributed by atoms with Crippen LogP contribution >= 0.6 is 11.8 Å². The van der Waals surface area contributed by atoms with Gasteiger partial charge in [-0.2, -0.15) is 5.10 Å². The number of fused-ring (bicyclic) bond motifs is 7. The minimum absolute atomic E-state index is 0.105. The number of hydrogen-bond donors (Lipinski definition) is 2. The second kappa shape index (κ2) is 10.0. The molecule has 1 aromatic carbocycles. The second-order valence-corrected chi connectivity index (χ2v) is 15.6. The number of benzene rings is 1. The van der Waals surface area contributed by atoms with Gasteiger partial charge in [0.2, 0.25) is 0 Å². The number of oxazole rings is 1. The van der Waals surface area contributed by atoms with Crippen LogP contribution in [-0.4, -0.2) is 48.2 Å². The number of para-hydroxylation sites is 2. The monoisotopic (exact) mass is 601 g/mol. The molecule has 7 atom stereocenters. The fourth-order valence-corrected chi connectivity index (χ4v) is 11.2. The summed E-state index contributed by atoms with van der Waals surface area (Å²) in [5, 5.41) is 29.5. The number of Topliss-reactive ketones (excluding diaryl/α,β-unsaturated/α-hetero) is 1. The van der Waals surface area contributed by atoms with Gasteiger partial charge >= 0.3 is 0 Å². The molecule has 2 N–H and O–H groups in total. The van der Waals surface area contributed by atoms with Crippen molar-refractivity contribution in [3.8, 4) is 0 Å². The number of nitrogens with zero attached hydrogens (tertiary/aromatic N) is 3. The third-order valence-corrected chi connectivity index (χ3v) is 13.4. The number of carbonyl (C=O) groups is 1. The predicted molar refractivity (Wildman–Crippen MR) is 166 cm³/mol. The molecule has 3 aromatic rings. The number of allylic oxidation sites excluding steroid dienone is 1. The van der Waals surface area contributed by atoms with Gasteiger partial charge < -0.3 is 14.6 Å². The summed E-state index contributed by atoms with van der Waals surface area (Å²) in [6, 6.07) is 8.08. The number of aromatic nitrogens is 3. The number of carbonyl (C=O) groups excluding carboxylic acids is 1. The van der Waals surface area contributed by atoms with Crippen molar-refractivity contribution in [2.45, 2.75) is 107 Å². The molecule has 8 rings (SSSR count). The van der Waals surface area contributed by atoms with E-state index >= 15 is 0 Å². The van der Waals surface area contributed by atoms with Gasteiger partial charge in [0.1, 0.15) is 11.1 Å². The van der Waals surface area contributed by atoms with E-state index in [1.807, 2.05) is 24.3 Å². The summed E-state index contributed by atoms with van der Waals surface area (Å²) in [7, 11) is 0. The molecular weight excluding hydrogens is 558 g/mol. The summed E-state index contributed by atoms with van der Waals surface area (Å²) in [6.07, 6.45) is 14.9. The zero-order valence-electron chi connectivity index (χ0n) is 25.3. The minimum Gasteiger partial charge on any atom is -0.431 e. The molecule has 7 nitrogen and oxygen atoms in total. The SMILES string of the molecule is CC12Cc3cnn(C4CCCCC4)c3C=C1CCC1C2[C@@H](O)CC2(C)C1CC[C@]2(O)C(=O)CSc1nc2ccccc2o1. The van der Waals surface area contributed by atoms with Gasteiger partial charge in [-0.15, -0.1) is 0 Å². The minimum atomic E-state index is -1.46. The van der Waals surface area contributed by atoms with Crippen LogP contribution in [0, 0.1) is 28.6 Å². The van der Waals surface area contributed by atoms with Crippen LogP contribution in [0.5, 0.6) is 0 Å². The molecule has 228 valence electrons. The van der Waals surface area contributed by atoms with E-state index in [4.69, 9.17) is 9.52 Å². The number of rotatable bonds is 5. The Balaban J connectivity index is 1.04. The lowest BCUT2D eigenvalue weighted by atomic mass is 9.45. The highest BCUT2D eigenvalue weighted by Gasteiger charge is 2.68. The van der Waals surface area contributed by atoms with Gasteiger partial charge in [0.25, 0.3) is 5.22 Å². The van der Waals surface area contributed by atoms with Crippen LogP contribution < -0.4 is 0 Å². The predicted octanol–water partition coefficient (Wildman–Crippen LogP) is 6.77. The Bertz CT molecular complexity index is 1570. The Labute approximate surface area is 257 Å². The fraction of sp³-hybridized carbons (Fsp3) is 0.629. The Morgan fingerprint density at radius 1 is 1.14 bits per heavy atom. The molecule has 0 aliphatic heterocycles. The molecule has 5 aliphatic carbocycles. The first-order valence-electron chi connectivity index (χ1n) is 16.4. The summed E-state index contributed by atoms with van der Waals surface area (Å²) in [5.41, 5.74) is 3.28. The summed E-state index contributed by atoms with van der Waals surface area (Å²) in [6.45, 7) is 4.44. The lowest BCUT2D eigenvalue weighted by Crippen LogP contribution is -2.62. The van der Waals surface area contributed by atoms with Gasteiger partial charge in [0.05, 0.1) is 29.8 Å². The van der Waals surface area contributed by atoms with E-state index in [0.717, 1.165) is 31.2 Å². The van der Waals surface area contributed by atoms with Crippen molar-refractivity contribution in [3.63, 3.8) is 0 Å². The van der Waals surface area contributed by atoms with Crippen LogP contribution in [0.25, 0.3) is 17.2 Å². The molecule has 2 aromatic heterocycles. The first-order chi connectivity index (χ1) is 20.7. The number of aliphatic hydroxyl groups is 2. The van der Waals surface area contributed by atoms with Crippen molar-refractivity contribution in [1.29, 1.82) is 0 Å². The average Bonchev–Trinajstić information content (AvgIpc) is 3.68. The van der Waals surface area contributed by atoms with Crippen LogP contribution in [0.2, 0.25) is 0 Å². The third kappa shape index (κ3) is 4.11. The van der Waals surface area contributed by atoms with E-state index in [0.29, 0.717) is 29.7 Å². The van der Waals surface area contributed by atoms with E-state index in [9.17, 15) is 15.0 Å². The van der Waals surface area contributed by atoms with E-state index in [1.165, 1.54) is 60.7 Å². The topological polar surface area (TPSA) is 101 Å². The first-order valence-corrected chi connectivity index (χ1v) is 17.4. The van der Waals surface area contributed by atoms with Crippen LogP contribution in [0.4, 0.5) is 0 Å². The molecular formula is C35H43N3O4S. The molecule has 0 bridgehead atoms. The second-order valence-electron chi connectivity index (χ2n) is 14.6. The summed E-state index contributed by atoms with van der Waals surface area (Å²) in [4.78, 5) is 18.3. The van der Waals surface area contributed by atoms with E-state index in [2.05, 4.69) is 35.8 Å². The fourth-order valence-electron chi connectivity index (χ4n) is 10.4. The zero-order chi connectivity index (χ0) is 29.6. The number of aliphatic hydroxyl groups excluding tert-OH is 1. The third-order valence-electron chi connectivity index (χ3n) is 12.6. The van der Waals surface area contributed by atoms with Crippen molar-refractivity contribution >= 4 is 34.7 Å². The van der Waals surface area contributed by atoms with Crippen molar-refractivity contribution in [2.24, 2.45) is 28.6 Å². The highest BCUT2D eigenvalue weighted by molar-refractivity contribution is 7.99. The molecule has 0 spiro atoms. The molecule has 4 saturated carbocycles. The Morgan fingerprint density at radius 2 is 1.95 bits per heavy atom. The molecule has 0 amide bonds. The maximum Gasteiger partial charge on any atom is 0.257 e. The highest BCUT2D eigenvalue weighted by atomic mass is 32.2. The van der Waals surface area contributed by atoms with Gasteiger partial charge in [0, 0.05) is 5.41 Å². The lowest BCUT2D eigenvalue weighted by molar-refractivity contribution is -0.177. The molecule has 0 saturated heterocycles. The van der Waals surface area contributed by atoms with E-state index < -0.39 is 17.1 Å². The number of hydrogen-bond acceptors (Lipinski definition) is 7.